The van der Waals surface area contributed by atoms with Crippen LogP contribution in [-0.2, 0) is 0 Å². The third-order valence-corrected chi connectivity index (χ3v) is 1.89. The third-order valence-electron chi connectivity index (χ3n) is 1.89. The minimum atomic E-state index is -1.08. The van der Waals surface area contributed by atoms with Gasteiger partial charge in [0.1, 0.15) is 0 Å². The van der Waals surface area contributed by atoms with Crippen molar-refractivity contribution in [2.75, 3.05) is 6.61 Å². The summed E-state index contributed by atoms with van der Waals surface area (Å²) in [7, 11) is 0. The molecule has 1 rings (SSSR count). The van der Waals surface area contributed by atoms with Gasteiger partial charge < -0.3 is 14.3 Å². The Hall–Kier alpha value is -1.45. The average molecular weight is 212 g/mol. The molecule has 0 aliphatic carbocycles. The Morgan fingerprint density at radius 1 is 1.47 bits per heavy atom. The van der Waals surface area contributed by atoms with E-state index in [0.29, 0.717) is 6.61 Å². The van der Waals surface area contributed by atoms with Crippen LogP contribution in [-0.4, -0.2) is 17.7 Å². The summed E-state index contributed by atoms with van der Waals surface area (Å²) in [5.74, 6) is -0.918. The minimum absolute atomic E-state index is 0.0965. The first-order valence-electron chi connectivity index (χ1n) is 4.84. The molecule has 0 aliphatic rings. The van der Waals surface area contributed by atoms with Crippen LogP contribution in [0.15, 0.2) is 16.5 Å². The summed E-state index contributed by atoms with van der Waals surface area (Å²) in [5.41, 5.74) is 0.197. The normalized spacial score (nSPS) is 11.4. The summed E-state index contributed by atoms with van der Waals surface area (Å²) in [6.45, 7) is 6.86. The summed E-state index contributed by atoms with van der Waals surface area (Å²) in [5, 5.41) is 8.60. The van der Waals surface area contributed by atoms with E-state index in [4.69, 9.17) is 14.3 Å². The summed E-state index contributed by atoms with van der Waals surface area (Å²) in [6.07, 6.45) is 0.885. The Bertz CT molecular complexity index is 333. The molecule has 0 fully saturated rings. The standard InChI is InChI=1S/C11H16O4/c1-11(2,3)6-7-14-9-5-4-8(15-9)10(12)13/h4-5H,6-7H2,1-3H3,(H,12,13). The highest BCUT2D eigenvalue weighted by Gasteiger charge is 2.12. The van der Waals surface area contributed by atoms with E-state index in [-0.39, 0.29) is 17.1 Å². The quantitative estimate of drug-likeness (QED) is 0.833. The zero-order chi connectivity index (χ0) is 11.5. The molecule has 4 heteroatoms. The van der Waals surface area contributed by atoms with Crippen molar-refractivity contribution in [3.05, 3.63) is 17.9 Å². The fraction of sp³-hybridized carbons (Fsp3) is 0.545. The lowest BCUT2D eigenvalue weighted by Crippen LogP contribution is -2.10. The van der Waals surface area contributed by atoms with Crippen molar-refractivity contribution < 1.29 is 19.1 Å². The molecule has 0 saturated carbocycles. The summed E-state index contributed by atoms with van der Waals surface area (Å²) >= 11 is 0. The van der Waals surface area contributed by atoms with Gasteiger partial charge in [-0.1, -0.05) is 20.8 Å². The van der Waals surface area contributed by atoms with Crippen molar-refractivity contribution >= 4 is 5.97 Å². The molecule has 1 aromatic rings. The summed E-state index contributed by atoms with van der Waals surface area (Å²) in [4.78, 5) is 10.5. The largest absolute Gasteiger partial charge is 0.475 e. The van der Waals surface area contributed by atoms with Crippen molar-refractivity contribution in [1.82, 2.24) is 0 Å². The first kappa shape index (κ1) is 11.6. The number of hydrogen-bond acceptors (Lipinski definition) is 3. The smallest absolute Gasteiger partial charge is 0.371 e. The number of hydrogen-bond donors (Lipinski definition) is 1. The predicted molar refractivity (Wildman–Crippen MR) is 55.2 cm³/mol. The Balaban J connectivity index is 2.41. The van der Waals surface area contributed by atoms with Crippen molar-refractivity contribution in [3.8, 4) is 5.95 Å². The second kappa shape index (κ2) is 4.38. The molecule has 15 heavy (non-hydrogen) atoms. The highest BCUT2D eigenvalue weighted by molar-refractivity contribution is 5.84. The fourth-order valence-electron chi connectivity index (χ4n) is 0.970. The van der Waals surface area contributed by atoms with E-state index in [0.717, 1.165) is 6.42 Å². The molecule has 0 aliphatic heterocycles. The number of furan rings is 1. The van der Waals surface area contributed by atoms with E-state index in [1.54, 1.807) is 0 Å². The second-order valence-corrected chi connectivity index (χ2v) is 4.58. The highest BCUT2D eigenvalue weighted by atomic mass is 16.6. The van der Waals surface area contributed by atoms with Crippen molar-refractivity contribution in [1.29, 1.82) is 0 Å². The van der Waals surface area contributed by atoms with E-state index in [2.05, 4.69) is 20.8 Å². The number of carboxylic acids is 1. The van der Waals surface area contributed by atoms with Gasteiger partial charge in [0.2, 0.25) is 5.76 Å². The molecule has 0 aromatic carbocycles. The van der Waals surface area contributed by atoms with E-state index >= 15 is 0 Å². The lowest BCUT2D eigenvalue weighted by atomic mass is 9.93. The van der Waals surface area contributed by atoms with E-state index in [1.165, 1.54) is 12.1 Å². The Morgan fingerprint density at radius 3 is 2.60 bits per heavy atom. The van der Waals surface area contributed by atoms with Crippen LogP contribution in [0.1, 0.15) is 37.7 Å². The molecule has 0 unspecified atom stereocenters. The van der Waals surface area contributed by atoms with Crippen molar-refractivity contribution in [2.45, 2.75) is 27.2 Å². The number of carbonyl (C=O) groups is 1. The SMILES string of the molecule is CC(C)(C)CCOc1ccc(C(=O)O)o1. The van der Waals surface area contributed by atoms with E-state index < -0.39 is 5.97 Å². The fourth-order valence-corrected chi connectivity index (χ4v) is 0.970. The van der Waals surface area contributed by atoms with Crippen LogP contribution in [0.5, 0.6) is 5.95 Å². The predicted octanol–water partition coefficient (Wildman–Crippen LogP) is 2.79. The van der Waals surface area contributed by atoms with Crippen LogP contribution >= 0.6 is 0 Å². The van der Waals surface area contributed by atoms with Crippen LogP contribution in [0.2, 0.25) is 0 Å². The Labute approximate surface area is 88.8 Å². The maximum atomic E-state index is 10.5. The van der Waals surface area contributed by atoms with Crippen LogP contribution in [0.4, 0.5) is 0 Å². The van der Waals surface area contributed by atoms with Gasteiger partial charge >= 0.3 is 5.97 Å². The maximum absolute atomic E-state index is 10.5. The third kappa shape index (κ3) is 4.06. The maximum Gasteiger partial charge on any atom is 0.371 e. The Kier molecular flexibility index (Phi) is 3.39. The molecule has 0 bridgehead atoms. The van der Waals surface area contributed by atoms with Gasteiger partial charge in [-0.25, -0.2) is 4.79 Å². The average Bonchev–Trinajstić information content (AvgIpc) is 2.50. The molecule has 0 radical (unpaired) electrons. The van der Waals surface area contributed by atoms with Crippen LogP contribution in [0.3, 0.4) is 0 Å². The number of aromatic carboxylic acids is 1. The van der Waals surface area contributed by atoms with Crippen LogP contribution in [0.25, 0.3) is 0 Å². The van der Waals surface area contributed by atoms with Gasteiger partial charge in [0.05, 0.1) is 6.61 Å². The topological polar surface area (TPSA) is 59.7 Å². The van der Waals surface area contributed by atoms with Gasteiger partial charge in [0, 0.05) is 6.07 Å². The van der Waals surface area contributed by atoms with Gasteiger partial charge in [-0.15, -0.1) is 0 Å². The molecule has 0 saturated heterocycles. The van der Waals surface area contributed by atoms with Gasteiger partial charge in [0.15, 0.2) is 0 Å². The number of rotatable bonds is 4. The Morgan fingerprint density at radius 2 is 2.13 bits per heavy atom. The molecule has 0 spiro atoms. The lowest BCUT2D eigenvalue weighted by molar-refractivity contribution is 0.0652. The van der Waals surface area contributed by atoms with Crippen molar-refractivity contribution in [2.24, 2.45) is 5.41 Å². The lowest BCUT2D eigenvalue weighted by Gasteiger charge is -2.17. The summed E-state index contributed by atoms with van der Waals surface area (Å²) in [6, 6.07) is 2.90. The van der Waals surface area contributed by atoms with Gasteiger partial charge in [-0.3, -0.25) is 0 Å². The molecular formula is C11H16O4. The number of ether oxygens (including phenoxy) is 1. The van der Waals surface area contributed by atoms with Gasteiger partial charge in [-0.05, 0) is 17.9 Å². The molecule has 0 amide bonds. The first-order valence-corrected chi connectivity index (χ1v) is 4.84. The molecule has 1 heterocycles. The molecule has 1 aromatic heterocycles. The minimum Gasteiger partial charge on any atom is -0.475 e. The molecule has 1 N–H and O–H groups in total. The molecular weight excluding hydrogens is 196 g/mol. The monoisotopic (exact) mass is 212 g/mol. The molecule has 4 nitrogen and oxygen atoms in total. The van der Waals surface area contributed by atoms with Crippen LogP contribution in [0, 0.1) is 5.41 Å². The first-order chi connectivity index (χ1) is 6.88. The second-order valence-electron chi connectivity index (χ2n) is 4.58. The van der Waals surface area contributed by atoms with Crippen molar-refractivity contribution in [3.63, 3.8) is 0 Å². The zero-order valence-electron chi connectivity index (χ0n) is 9.24. The van der Waals surface area contributed by atoms with E-state index in [1.807, 2.05) is 0 Å². The van der Waals surface area contributed by atoms with Crippen LogP contribution < -0.4 is 4.74 Å². The van der Waals surface area contributed by atoms with Gasteiger partial charge in [0.25, 0.3) is 5.95 Å². The summed E-state index contributed by atoms with van der Waals surface area (Å²) < 4.78 is 10.2. The van der Waals surface area contributed by atoms with E-state index in [9.17, 15) is 4.79 Å². The zero-order valence-corrected chi connectivity index (χ0v) is 9.24. The number of carboxylic acid groups (broad SMARTS) is 1. The van der Waals surface area contributed by atoms with Gasteiger partial charge in [-0.2, -0.15) is 0 Å². The molecule has 84 valence electrons. The highest BCUT2D eigenvalue weighted by Crippen LogP contribution is 2.20. The molecule has 0 atom stereocenters.